The number of benzene rings is 10. The summed E-state index contributed by atoms with van der Waals surface area (Å²) in [4.78, 5) is 0. The standard InChI is InChI=1S/C52H31N/c1-2-12-37(13-3-1)53-50-26-22-35(33-20-24-42-40-16-5-4-14-38(40)39-15-6-7-17-41(39)46(42)28-33)30-48(50)49-31-36(23-27-51(49)53)34-21-25-43-44-18-8-10-32-11-9-19-45(52(32)44)47(43)29-34/h1-31H. The van der Waals surface area contributed by atoms with Crippen LogP contribution in [0.3, 0.4) is 0 Å². The number of rotatable bonds is 3. The molecule has 0 spiro atoms. The van der Waals surface area contributed by atoms with Gasteiger partial charge in [0.05, 0.1) is 11.0 Å². The van der Waals surface area contributed by atoms with E-state index in [1.165, 1.54) is 115 Å². The lowest BCUT2D eigenvalue weighted by Crippen LogP contribution is -1.93. The summed E-state index contributed by atoms with van der Waals surface area (Å²) >= 11 is 0. The van der Waals surface area contributed by atoms with E-state index in [1.807, 2.05) is 0 Å². The van der Waals surface area contributed by atoms with Crippen LogP contribution in [0.5, 0.6) is 0 Å². The molecule has 12 rings (SSSR count). The number of hydrogen-bond donors (Lipinski definition) is 0. The summed E-state index contributed by atoms with van der Waals surface area (Å²) < 4.78 is 2.41. The molecule has 0 bridgehead atoms. The summed E-state index contributed by atoms with van der Waals surface area (Å²) in [5, 5.41) is 13.0. The van der Waals surface area contributed by atoms with Crippen LogP contribution >= 0.6 is 0 Å². The van der Waals surface area contributed by atoms with Gasteiger partial charge in [0.1, 0.15) is 0 Å². The Morgan fingerprint density at radius 3 is 1.36 bits per heavy atom. The fourth-order valence-electron chi connectivity index (χ4n) is 9.30. The minimum Gasteiger partial charge on any atom is -0.309 e. The van der Waals surface area contributed by atoms with E-state index in [9.17, 15) is 0 Å². The second-order valence-corrected chi connectivity index (χ2v) is 14.5. The summed E-state index contributed by atoms with van der Waals surface area (Å²) in [6, 6.07) is 69.8. The van der Waals surface area contributed by atoms with Gasteiger partial charge >= 0.3 is 0 Å². The lowest BCUT2D eigenvalue weighted by atomic mass is 9.92. The van der Waals surface area contributed by atoms with E-state index in [0.29, 0.717) is 0 Å². The molecular weight excluding hydrogens is 639 g/mol. The molecular formula is C52H31N. The summed E-state index contributed by atoms with van der Waals surface area (Å²) in [5.74, 6) is 0. The van der Waals surface area contributed by atoms with Crippen molar-refractivity contribution in [2.75, 3.05) is 0 Å². The third kappa shape index (κ3) is 4.08. The summed E-state index contributed by atoms with van der Waals surface area (Å²) in [6.45, 7) is 0. The van der Waals surface area contributed by atoms with Crippen LogP contribution in [0.15, 0.2) is 188 Å². The smallest absolute Gasteiger partial charge is 0.0541 e. The number of aromatic nitrogens is 1. The number of nitrogens with zero attached hydrogens (tertiary/aromatic N) is 1. The van der Waals surface area contributed by atoms with Crippen LogP contribution in [0.2, 0.25) is 0 Å². The van der Waals surface area contributed by atoms with Crippen LogP contribution in [0.25, 0.3) is 115 Å². The average Bonchev–Trinajstić information content (AvgIpc) is 3.73. The Morgan fingerprint density at radius 2 is 0.736 bits per heavy atom. The minimum absolute atomic E-state index is 1.17. The maximum Gasteiger partial charge on any atom is 0.0541 e. The van der Waals surface area contributed by atoms with Crippen molar-refractivity contribution in [3.63, 3.8) is 0 Å². The van der Waals surface area contributed by atoms with Gasteiger partial charge < -0.3 is 4.57 Å². The quantitative estimate of drug-likeness (QED) is 0.165. The van der Waals surface area contributed by atoms with Crippen molar-refractivity contribution in [2.24, 2.45) is 0 Å². The molecule has 0 amide bonds. The van der Waals surface area contributed by atoms with Crippen molar-refractivity contribution in [3.8, 4) is 50.2 Å². The van der Waals surface area contributed by atoms with Crippen molar-refractivity contribution in [1.29, 1.82) is 0 Å². The van der Waals surface area contributed by atoms with Gasteiger partial charge in [-0.25, -0.2) is 0 Å². The highest BCUT2D eigenvalue weighted by atomic mass is 15.0. The molecule has 0 N–H and O–H groups in total. The van der Waals surface area contributed by atoms with Crippen LogP contribution in [0.1, 0.15) is 0 Å². The molecule has 1 heteroatoms. The molecule has 11 aromatic rings. The van der Waals surface area contributed by atoms with Gasteiger partial charge in [-0.1, -0.05) is 140 Å². The van der Waals surface area contributed by atoms with Crippen molar-refractivity contribution in [3.05, 3.63) is 188 Å². The molecule has 1 nitrogen and oxygen atoms in total. The Labute approximate surface area is 306 Å². The molecule has 0 unspecified atom stereocenters. The molecule has 1 heterocycles. The molecule has 1 aliphatic carbocycles. The van der Waals surface area contributed by atoms with Crippen LogP contribution in [0, 0.1) is 0 Å². The molecule has 0 radical (unpaired) electrons. The van der Waals surface area contributed by atoms with Crippen LogP contribution in [-0.4, -0.2) is 4.57 Å². The predicted molar refractivity (Wildman–Crippen MR) is 226 cm³/mol. The number of hydrogen-bond acceptors (Lipinski definition) is 0. The molecule has 10 aromatic carbocycles. The maximum atomic E-state index is 2.41. The fourth-order valence-corrected chi connectivity index (χ4v) is 9.30. The van der Waals surface area contributed by atoms with Gasteiger partial charge in [-0.15, -0.1) is 0 Å². The molecule has 0 saturated carbocycles. The molecule has 0 atom stereocenters. The van der Waals surface area contributed by atoms with Gasteiger partial charge in [0, 0.05) is 16.5 Å². The van der Waals surface area contributed by atoms with E-state index in [0.717, 1.165) is 0 Å². The Balaban J connectivity index is 1.07. The van der Waals surface area contributed by atoms with Gasteiger partial charge in [-0.2, -0.15) is 0 Å². The zero-order valence-corrected chi connectivity index (χ0v) is 28.8. The monoisotopic (exact) mass is 669 g/mol. The number of para-hydroxylation sites is 1. The Hall–Kier alpha value is -6.96. The first-order chi connectivity index (χ1) is 26.3. The van der Waals surface area contributed by atoms with Gasteiger partial charge in [-0.3, -0.25) is 0 Å². The second-order valence-electron chi connectivity index (χ2n) is 14.5. The summed E-state index contributed by atoms with van der Waals surface area (Å²) in [5.41, 5.74) is 13.8. The molecule has 0 fully saturated rings. The third-order valence-electron chi connectivity index (χ3n) is 11.7. The maximum absolute atomic E-state index is 2.41. The zero-order chi connectivity index (χ0) is 34.6. The lowest BCUT2D eigenvalue weighted by Gasteiger charge is -2.12. The molecule has 0 aliphatic heterocycles. The van der Waals surface area contributed by atoms with Gasteiger partial charge in [0.15, 0.2) is 0 Å². The third-order valence-corrected chi connectivity index (χ3v) is 11.7. The molecule has 244 valence electrons. The Morgan fingerprint density at radius 1 is 0.264 bits per heavy atom. The van der Waals surface area contributed by atoms with Gasteiger partial charge in [-0.05, 0) is 136 Å². The van der Waals surface area contributed by atoms with E-state index in [4.69, 9.17) is 0 Å². The first-order valence-corrected chi connectivity index (χ1v) is 18.4. The molecule has 0 saturated heterocycles. The van der Waals surface area contributed by atoms with Crippen LogP contribution in [-0.2, 0) is 0 Å². The van der Waals surface area contributed by atoms with Crippen molar-refractivity contribution < 1.29 is 0 Å². The fraction of sp³-hybridized carbons (Fsp3) is 0. The van der Waals surface area contributed by atoms with E-state index >= 15 is 0 Å². The lowest BCUT2D eigenvalue weighted by molar-refractivity contribution is 1.18. The van der Waals surface area contributed by atoms with Crippen LogP contribution < -0.4 is 0 Å². The Bertz CT molecular complexity index is 3290. The normalized spacial score (nSPS) is 12.2. The summed E-state index contributed by atoms with van der Waals surface area (Å²) in [6.07, 6.45) is 0. The largest absolute Gasteiger partial charge is 0.309 e. The van der Waals surface area contributed by atoms with Crippen molar-refractivity contribution >= 4 is 64.9 Å². The molecule has 53 heavy (non-hydrogen) atoms. The van der Waals surface area contributed by atoms with Gasteiger partial charge in [0.2, 0.25) is 0 Å². The van der Waals surface area contributed by atoms with Crippen LogP contribution in [0.4, 0.5) is 0 Å². The van der Waals surface area contributed by atoms with Crippen molar-refractivity contribution in [1.82, 2.24) is 4.57 Å². The van der Waals surface area contributed by atoms with E-state index in [1.54, 1.807) is 0 Å². The van der Waals surface area contributed by atoms with Gasteiger partial charge in [0.25, 0.3) is 0 Å². The van der Waals surface area contributed by atoms with E-state index in [-0.39, 0.29) is 0 Å². The predicted octanol–water partition coefficient (Wildman–Crippen LogP) is 14.4. The second kappa shape index (κ2) is 10.8. The number of fused-ring (bicyclic) bond motifs is 12. The topological polar surface area (TPSA) is 4.93 Å². The van der Waals surface area contributed by atoms with Crippen molar-refractivity contribution in [2.45, 2.75) is 0 Å². The first kappa shape index (κ1) is 28.7. The highest BCUT2D eigenvalue weighted by molar-refractivity contribution is 6.26. The van der Waals surface area contributed by atoms with E-state index in [2.05, 4.69) is 193 Å². The molecule has 1 aliphatic rings. The SMILES string of the molecule is c1ccc(-n2c3ccc(-c4ccc5c(c4)-c4cccc6cccc-5c46)cc3c3cc(-c4ccc5c6ccccc6c6ccccc6c5c4)ccc32)cc1. The minimum atomic E-state index is 1.17. The Kier molecular flexibility index (Phi) is 5.84. The summed E-state index contributed by atoms with van der Waals surface area (Å²) in [7, 11) is 0. The highest BCUT2D eigenvalue weighted by Crippen LogP contribution is 2.48. The average molecular weight is 670 g/mol. The highest BCUT2D eigenvalue weighted by Gasteiger charge is 2.22. The zero-order valence-electron chi connectivity index (χ0n) is 28.8. The molecule has 1 aromatic heterocycles. The first-order valence-electron chi connectivity index (χ1n) is 18.4. The van der Waals surface area contributed by atoms with E-state index < -0.39 is 0 Å².